The van der Waals surface area contributed by atoms with E-state index in [2.05, 4.69) is 22.6 Å². The summed E-state index contributed by atoms with van der Waals surface area (Å²) >= 11 is 0. The summed E-state index contributed by atoms with van der Waals surface area (Å²) in [4.78, 5) is 29.5. The summed E-state index contributed by atoms with van der Waals surface area (Å²) in [6.07, 6.45) is 0.117. The third-order valence-electron chi connectivity index (χ3n) is 6.66. The van der Waals surface area contributed by atoms with E-state index in [0.717, 1.165) is 16.7 Å². The Balaban J connectivity index is 0.000000910. The summed E-state index contributed by atoms with van der Waals surface area (Å²) < 4.78 is 21.1. The Hall–Kier alpha value is -4.58. The van der Waals surface area contributed by atoms with Crippen LogP contribution in [0.2, 0.25) is 0 Å². The van der Waals surface area contributed by atoms with Gasteiger partial charge in [-0.05, 0) is 41.6 Å². The lowest BCUT2D eigenvalue weighted by Gasteiger charge is -2.14. The van der Waals surface area contributed by atoms with E-state index in [1.54, 1.807) is 12.1 Å². The lowest BCUT2D eigenvalue weighted by atomic mass is 9.98. The summed E-state index contributed by atoms with van der Waals surface area (Å²) in [5.74, 6) is -0.594. The van der Waals surface area contributed by atoms with Crippen LogP contribution < -0.4 is 28.1 Å². The van der Waals surface area contributed by atoms with Crippen molar-refractivity contribution in [2.75, 3.05) is 18.6 Å². The first kappa shape index (κ1) is 31.9. The zero-order chi connectivity index (χ0) is 31.0. The van der Waals surface area contributed by atoms with Gasteiger partial charge < -0.3 is 41.7 Å². The molecule has 2 aromatic carbocycles. The van der Waals surface area contributed by atoms with Crippen LogP contribution >= 0.6 is 0 Å². The smallest absolute Gasteiger partial charge is 0.257 e. The van der Waals surface area contributed by atoms with Crippen molar-refractivity contribution in [1.29, 1.82) is 0 Å². The van der Waals surface area contributed by atoms with E-state index in [0.29, 0.717) is 47.4 Å². The maximum absolute atomic E-state index is 14.4. The van der Waals surface area contributed by atoms with Gasteiger partial charge in [-0.25, -0.2) is 9.37 Å². The first-order valence-corrected chi connectivity index (χ1v) is 13.4. The third kappa shape index (κ3) is 6.49. The summed E-state index contributed by atoms with van der Waals surface area (Å²) in [7, 11) is 1.43. The van der Waals surface area contributed by atoms with Gasteiger partial charge in [0.2, 0.25) is 0 Å². The number of aliphatic hydroxyl groups is 1. The second-order valence-corrected chi connectivity index (χ2v) is 9.26. The summed E-state index contributed by atoms with van der Waals surface area (Å²) in [5.41, 5.74) is 20.9. The van der Waals surface area contributed by atoms with Crippen LogP contribution in [-0.4, -0.2) is 28.1 Å². The molecule has 0 radical (unpaired) electrons. The van der Waals surface area contributed by atoms with Gasteiger partial charge in [0.25, 0.3) is 5.56 Å². The van der Waals surface area contributed by atoms with Gasteiger partial charge in [0.15, 0.2) is 6.29 Å². The molecule has 1 aliphatic rings. The number of fused-ring (bicyclic) bond motifs is 4. The molecule has 3 heterocycles. The fourth-order valence-corrected chi connectivity index (χ4v) is 4.80. The first-order chi connectivity index (χ1) is 20.2. The van der Waals surface area contributed by atoms with Crippen LogP contribution in [-0.2, 0) is 35.8 Å². The molecule has 0 saturated heterocycles. The maximum atomic E-state index is 14.4. The number of nitrogens with two attached hydrogens (primary N) is 3. The number of halogens is 1. The highest BCUT2D eigenvalue weighted by molar-refractivity contribution is 5.90. The molecule has 1 atom stereocenters. The summed E-state index contributed by atoms with van der Waals surface area (Å²) in [6.45, 7) is 8.24. The maximum Gasteiger partial charge on any atom is 0.257 e. The molecule has 5 rings (SSSR count). The Kier molecular flexibility index (Phi) is 10.9. The quantitative estimate of drug-likeness (QED) is 0.137. The number of nitrogens with zero attached hydrogens (tertiary/aromatic N) is 2. The number of aromatic nitrogens is 2. The average molecular weight is 577 g/mol. The Morgan fingerprint density at radius 2 is 1.83 bits per heavy atom. The van der Waals surface area contributed by atoms with E-state index < -0.39 is 11.9 Å². The van der Waals surface area contributed by atoms with Gasteiger partial charge in [0, 0.05) is 54.0 Å². The number of aliphatic hydroxyl groups excluding tert-OH is 1. The SMILES string of the molecule is C=CN.CC.COCc1c(C(O)C=O)cc2n(c1=O)Cc1c-2nc2cc(F)c(N)cc2c1CNCc1ccc(N)cc1. The van der Waals surface area contributed by atoms with E-state index in [-0.39, 0.29) is 35.5 Å². The number of ether oxygens (including phenoxy) is 1. The predicted octanol–water partition coefficient (Wildman–Crippen LogP) is 3.51. The molecule has 1 unspecified atom stereocenters. The lowest BCUT2D eigenvalue weighted by Crippen LogP contribution is -2.26. The number of pyridine rings is 2. The molecule has 2 aromatic heterocycles. The monoisotopic (exact) mass is 576 g/mol. The molecular formula is C31H37FN6O4. The van der Waals surface area contributed by atoms with Gasteiger partial charge in [0.05, 0.1) is 35.7 Å². The van der Waals surface area contributed by atoms with E-state index in [1.807, 2.05) is 38.1 Å². The van der Waals surface area contributed by atoms with Crippen LogP contribution in [0.3, 0.4) is 0 Å². The van der Waals surface area contributed by atoms with Gasteiger partial charge in [-0.1, -0.05) is 32.6 Å². The molecule has 222 valence electrons. The van der Waals surface area contributed by atoms with Crippen molar-refractivity contribution >= 4 is 28.6 Å². The number of carbonyl (C=O) groups excluding carboxylic acids is 1. The molecule has 0 saturated carbocycles. The number of hydrogen-bond acceptors (Lipinski definition) is 9. The van der Waals surface area contributed by atoms with Crippen molar-refractivity contribution in [3.63, 3.8) is 0 Å². The average Bonchev–Trinajstić information content (AvgIpc) is 3.35. The fraction of sp³-hybridized carbons (Fsp3) is 0.258. The molecule has 8 N–H and O–H groups in total. The standard InChI is InChI=1S/C27H26FN5O4.C2H5N.C2H6/c1-37-13-20-17(25(35)12-34)7-24-26-19(11-33(24)27(20)36)18(10-31-9-14-2-4-15(29)5-3-14)16-6-22(30)21(28)8-23(16)32-26;1-2-3;1-2/h2-8,12,25,31,35H,9-11,13,29-30H2,1H3;2H,1,3H2;1-2H3. The van der Waals surface area contributed by atoms with Crippen molar-refractivity contribution < 1.29 is 19.0 Å². The number of aldehydes is 1. The Morgan fingerprint density at radius 1 is 1.17 bits per heavy atom. The van der Waals surface area contributed by atoms with Crippen molar-refractivity contribution in [2.24, 2.45) is 5.73 Å². The van der Waals surface area contributed by atoms with E-state index in [9.17, 15) is 19.1 Å². The Morgan fingerprint density at radius 3 is 2.45 bits per heavy atom. The van der Waals surface area contributed by atoms with Crippen LogP contribution in [0.4, 0.5) is 15.8 Å². The molecule has 42 heavy (non-hydrogen) atoms. The van der Waals surface area contributed by atoms with Crippen LogP contribution in [0.5, 0.6) is 0 Å². The highest BCUT2D eigenvalue weighted by Gasteiger charge is 2.29. The molecule has 0 fully saturated rings. The fourth-order valence-electron chi connectivity index (χ4n) is 4.80. The number of rotatable bonds is 8. The van der Waals surface area contributed by atoms with E-state index in [4.69, 9.17) is 16.2 Å². The number of anilines is 2. The third-order valence-corrected chi connectivity index (χ3v) is 6.66. The second-order valence-electron chi connectivity index (χ2n) is 9.26. The Bertz CT molecular complexity index is 1640. The topological polar surface area (TPSA) is 172 Å². The molecule has 10 nitrogen and oxygen atoms in total. The van der Waals surface area contributed by atoms with Gasteiger partial charge in [0.1, 0.15) is 11.9 Å². The van der Waals surface area contributed by atoms with Crippen LogP contribution in [0.1, 0.15) is 47.8 Å². The van der Waals surface area contributed by atoms with Crippen molar-refractivity contribution in [1.82, 2.24) is 14.9 Å². The highest BCUT2D eigenvalue weighted by atomic mass is 19.1. The number of hydrogen-bond donors (Lipinski definition) is 5. The van der Waals surface area contributed by atoms with Gasteiger partial charge in [-0.3, -0.25) is 4.79 Å². The molecule has 11 heteroatoms. The van der Waals surface area contributed by atoms with Crippen LogP contribution in [0.25, 0.3) is 22.3 Å². The minimum absolute atomic E-state index is 0.000449. The predicted molar refractivity (Wildman–Crippen MR) is 164 cm³/mol. The summed E-state index contributed by atoms with van der Waals surface area (Å²) in [6, 6.07) is 11.9. The number of carbonyl (C=O) groups is 1. The van der Waals surface area contributed by atoms with E-state index in [1.165, 1.54) is 23.9 Å². The van der Waals surface area contributed by atoms with Crippen LogP contribution in [0.15, 0.2) is 60.0 Å². The molecule has 1 aliphatic heterocycles. The number of benzene rings is 2. The molecule has 0 spiro atoms. The summed E-state index contributed by atoms with van der Waals surface area (Å²) in [5, 5.41) is 14.4. The van der Waals surface area contributed by atoms with Crippen molar-refractivity contribution in [3.8, 4) is 11.4 Å². The molecule has 0 amide bonds. The van der Waals surface area contributed by atoms with E-state index >= 15 is 0 Å². The molecular weight excluding hydrogens is 539 g/mol. The number of nitrogens with one attached hydrogen (secondary N) is 1. The zero-order valence-electron chi connectivity index (χ0n) is 24.0. The van der Waals surface area contributed by atoms with Gasteiger partial charge >= 0.3 is 0 Å². The van der Waals surface area contributed by atoms with Gasteiger partial charge in [-0.15, -0.1) is 0 Å². The van der Waals surface area contributed by atoms with Crippen LogP contribution in [0, 0.1) is 5.82 Å². The molecule has 4 aromatic rings. The largest absolute Gasteiger partial charge is 0.405 e. The zero-order valence-corrected chi connectivity index (χ0v) is 24.0. The molecule has 0 aliphatic carbocycles. The van der Waals surface area contributed by atoms with Crippen molar-refractivity contribution in [2.45, 2.75) is 46.2 Å². The minimum atomic E-state index is -1.49. The number of nitrogen functional groups attached to an aromatic ring is 2. The highest BCUT2D eigenvalue weighted by Crippen LogP contribution is 2.37. The first-order valence-electron chi connectivity index (χ1n) is 13.4. The van der Waals surface area contributed by atoms with Gasteiger partial charge in [-0.2, -0.15) is 0 Å². The minimum Gasteiger partial charge on any atom is -0.405 e. The normalized spacial score (nSPS) is 11.8. The number of methoxy groups -OCH3 is 1. The lowest BCUT2D eigenvalue weighted by molar-refractivity contribution is -0.115. The van der Waals surface area contributed by atoms with Crippen molar-refractivity contribution in [3.05, 3.63) is 99.2 Å². The molecule has 0 bridgehead atoms. The second kappa shape index (κ2) is 14.4. The Labute approximate surface area is 243 Å².